The maximum atomic E-state index is 10.3. The van der Waals surface area contributed by atoms with Gasteiger partial charge in [0.1, 0.15) is 11.9 Å². The van der Waals surface area contributed by atoms with Crippen molar-refractivity contribution < 1.29 is 5.11 Å². The lowest BCUT2D eigenvalue weighted by Crippen LogP contribution is -2.39. The fourth-order valence-corrected chi connectivity index (χ4v) is 2.33. The molecule has 2 rings (SSSR count). The van der Waals surface area contributed by atoms with Crippen LogP contribution in [0.15, 0.2) is 12.3 Å². The third-order valence-electron chi connectivity index (χ3n) is 3.42. The molecule has 96 valence electrons. The highest BCUT2D eigenvalue weighted by Gasteiger charge is 2.29. The van der Waals surface area contributed by atoms with Crippen LogP contribution in [-0.2, 0) is 0 Å². The van der Waals surface area contributed by atoms with Gasteiger partial charge in [-0.3, -0.25) is 0 Å². The predicted octanol–water partition coefficient (Wildman–Crippen LogP) is 1.64. The number of nitrogens with one attached hydrogen (secondary N) is 1. The van der Waals surface area contributed by atoms with Crippen LogP contribution in [0.3, 0.4) is 0 Å². The van der Waals surface area contributed by atoms with E-state index in [-0.39, 0.29) is 0 Å². The first-order chi connectivity index (χ1) is 8.63. The van der Waals surface area contributed by atoms with E-state index in [9.17, 15) is 5.11 Å². The molecule has 0 aliphatic heterocycles. The molecule has 0 radical (unpaired) electrons. The zero-order valence-corrected chi connectivity index (χ0v) is 10.3. The maximum Gasteiger partial charge on any atom is 0.149 e. The minimum Gasteiger partial charge on any atom is -0.396 e. The van der Waals surface area contributed by atoms with Gasteiger partial charge in [-0.1, -0.05) is 19.3 Å². The van der Waals surface area contributed by atoms with Crippen molar-refractivity contribution in [3.8, 4) is 6.07 Å². The summed E-state index contributed by atoms with van der Waals surface area (Å²) in [6.07, 6.45) is 6.43. The van der Waals surface area contributed by atoms with E-state index in [1.165, 1.54) is 12.6 Å². The molecule has 1 heterocycles. The zero-order chi connectivity index (χ0) is 13.0. The average Bonchev–Trinajstić information content (AvgIpc) is 2.38. The first-order valence-electron chi connectivity index (χ1n) is 6.25. The van der Waals surface area contributed by atoms with E-state index in [4.69, 9.17) is 11.0 Å². The highest BCUT2D eigenvalue weighted by atomic mass is 16.3. The number of aromatic nitrogens is 1. The lowest BCUT2D eigenvalue weighted by atomic mass is 9.85. The molecular weight excluding hydrogens is 228 g/mol. The summed E-state index contributed by atoms with van der Waals surface area (Å²) in [5.41, 5.74) is 6.02. The molecule has 1 saturated carbocycles. The van der Waals surface area contributed by atoms with E-state index >= 15 is 0 Å². The quantitative estimate of drug-likeness (QED) is 0.753. The van der Waals surface area contributed by atoms with E-state index in [2.05, 4.69) is 10.3 Å². The molecule has 1 fully saturated rings. The monoisotopic (exact) mass is 246 g/mol. The number of nitrogen functional groups attached to an aromatic ring is 1. The van der Waals surface area contributed by atoms with E-state index < -0.39 is 5.60 Å². The molecule has 0 saturated heterocycles. The van der Waals surface area contributed by atoms with Crippen molar-refractivity contribution in [1.29, 1.82) is 5.26 Å². The number of nitrogens with zero attached hydrogens (tertiary/aromatic N) is 2. The zero-order valence-electron chi connectivity index (χ0n) is 10.3. The minimum atomic E-state index is -0.653. The van der Waals surface area contributed by atoms with Gasteiger partial charge in [0.15, 0.2) is 0 Å². The van der Waals surface area contributed by atoms with Gasteiger partial charge in [-0.05, 0) is 18.9 Å². The smallest absolute Gasteiger partial charge is 0.149 e. The molecule has 1 aromatic rings. The van der Waals surface area contributed by atoms with Gasteiger partial charge in [0.05, 0.1) is 16.9 Å². The summed E-state index contributed by atoms with van der Waals surface area (Å²) >= 11 is 0. The number of anilines is 2. The van der Waals surface area contributed by atoms with Crippen molar-refractivity contribution >= 4 is 11.5 Å². The number of rotatable bonds is 3. The van der Waals surface area contributed by atoms with Crippen molar-refractivity contribution in [2.75, 3.05) is 17.6 Å². The molecule has 0 amide bonds. The lowest BCUT2D eigenvalue weighted by molar-refractivity contribution is 0.0167. The number of pyridine rings is 1. The SMILES string of the molecule is N#Cc1cnc(NCC2(O)CCCCC2)c(N)c1. The first-order valence-corrected chi connectivity index (χ1v) is 6.25. The van der Waals surface area contributed by atoms with E-state index in [0.29, 0.717) is 23.6 Å². The van der Waals surface area contributed by atoms with Gasteiger partial charge >= 0.3 is 0 Å². The molecule has 18 heavy (non-hydrogen) atoms. The Bertz CT molecular complexity index is 461. The van der Waals surface area contributed by atoms with Crippen molar-refractivity contribution in [2.24, 2.45) is 0 Å². The molecule has 4 N–H and O–H groups in total. The molecule has 1 aliphatic rings. The summed E-state index contributed by atoms with van der Waals surface area (Å²) in [6.45, 7) is 0.454. The number of hydrogen-bond acceptors (Lipinski definition) is 5. The van der Waals surface area contributed by atoms with Crippen LogP contribution in [-0.4, -0.2) is 22.2 Å². The van der Waals surface area contributed by atoms with Crippen LogP contribution in [0.25, 0.3) is 0 Å². The molecule has 5 nitrogen and oxygen atoms in total. The second kappa shape index (κ2) is 5.23. The highest BCUT2D eigenvalue weighted by molar-refractivity contribution is 5.63. The molecule has 0 unspecified atom stereocenters. The van der Waals surface area contributed by atoms with Crippen LogP contribution in [0.1, 0.15) is 37.7 Å². The number of nitriles is 1. The normalized spacial score (nSPS) is 18.0. The maximum absolute atomic E-state index is 10.3. The molecular formula is C13H18N4O. The van der Waals surface area contributed by atoms with E-state index in [1.807, 2.05) is 6.07 Å². The Labute approximate surface area is 107 Å². The Morgan fingerprint density at radius 1 is 1.44 bits per heavy atom. The number of hydrogen-bond donors (Lipinski definition) is 3. The third kappa shape index (κ3) is 2.90. The van der Waals surface area contributed by atoms with Crippen LogP contribution in [0, 0.1) is 11.3 Å². The Balaban J connectivity index is 2.00. The van der Waals surface area contributed by atoms with Gasteiger partial charge < -0.3 is 16.2 Å². The van der Waals surface area contributed by atoms with E-state index in [1.54, 1.807) is 6.07 Å². The van der Waals surface area contributed by atoms with Crippen LogP contribution < -0.4 is 11.1 Å². The first kappa shape index (κ1) is 12.7. The molecule has 5 heteroatoms. The van der Waals surface area contributed by atoms with Crippen LogP contribution >= 0.6 is 0 Å². The topological polar surface area (TPSA) is 95.0 Å². The third-order valence-corrected chi connectivity index (χ3v) is 3.42. The number of aliphatic hydroxyl groups is 1. The van der Waals surface area contributed by atoms with Gasteiger partial charge in [-0.15, -0.1) is 0 Å². The van der Waals surface area contributed by atoms with Gasteiger partial charge in [0, 0.05) is 12.7 Å². The molecule has 0 atom stereocenters. The van der Waals surface area contributed by atoms with Gasteiger partial charge in [0.25, 0.3) is 0 Å². The Hall–Kier alpha value is -1.80. The van der Waals surface area contributed by atoms with Crippen LogP contribution in [0.4, 0.5) is 11.5 Å². The Kier molecular flexibility index (Phi) is 3.68. The fraction of sp³-hybridized carbons (Fsp3) is 0.538. The fourth-order valence-electron chi connectivity index (χ4n) is 2.33. The summed E-state index contributed by atoms with van der Waals surface area (Å²) in [6, 6.07) is 3.57. The second-order valence-corrected chi connectivity index (χ2v) is 4.91. The largest absolute Gasteiger partial charge is 0.396 e. The van der Waals surface area contributed by atoms with Crippen molar-refractivity contribution in [3.05, 3.63) is 17.8 Å². The molecule has 1 aliphatic carbocycles. The van der Waals surface area contributed by atoms with Crippen molar-refractivity contribution in [3.63, 3.8) is 0 Å². The van der Waals surface area contributed by atoms with Crippen molar-refractivity contribution in [2.45, 2.75) is 37.7 Å². The molecule has 0 bridgehead atoms. The van der Waals surface area contributed by atoms with E-state index in [0.717, 1.165) is 25.7 Å². The predicted molar refractivity (Wildman–Crippen MR) is 69.9 cm³/mol. The van der Waals surface area contributed by atoms with Crippen LogP contribution in [0.5, 0.6) is 0 Å². The summed E-state index contributed by atoms with van der Waals surface area (Å²) in [5.74, 6) is 0.535. The molecule has 0 aromatic carbocycles. The van der Waals surface area contributed by atoms with Gasteiger partial charge in [-0.2, -0.15) is 5.26 Å². The number of nitrogens with two attached hydrogens (primary N) is 1. The molecule has 0 spiro atoms. The standard InChI is InChI=1S/C13H18N4O/c14-7-10-6-11(15)12(16-8-10)17-9-13(18)4-2-1-3-5-13/h6,8,18H,1-5,9,15H2,(H,16,17). The average molecular weight is 246 g/mol. The Morgan fingerprint density at radius 2 is 2.17 bits per heavy atom. The lowest BCUT2D eigenvalue weighted by Gasteiger charge is -2.32. The van der Waals surface area contributed by atoms with Crippen LogP contribution in [0.2, 0.25) is 0 Å². The van der Waals surface area contributed by atoms with Gasteiger partial charge in [-0.25, -0.2) is 4.98 Å². The summed E-state index contributed by atoms with van der Waals surface area (Å²) in [4.78, 5) is 4.09. The summed E-state index contributed by atoms with van der Waals surface area (Å²) < 4.78 is 0. The minimum absolute atomic E-state index is 0.438. The Morgan fingerprint density at radius 3 is 2.78 bits per heavy atom. The van der Waals surface area contributed by atoms with Crippen molar-refractivity contribution in [1.82, 2.24) is 4.98 Å². The second-order valence-electron chi connectivity index (χ2n) is 4.91. The summed E-state index contributed by atoms with van der Waals surface area (Å²) in [7, 11) is 0. The summed E-state index contributed by atoms with van der Waals surface area (Å²) in [5, 5.41) is 22.1. The highest BCUT2D eigenvalue weighted by Crippen LogP contribution is 2.28. The molecule has 1 aromatic heterocycles. The van der Waals surface area contributed by atoms with Gasteiger partial charge in [0.2, 0.25) is 0 Å².